The second kappa shape index (κ2) is 8.46. The first kappa shape index (κ1) is 18.6. The minimum Gasteiger partial charge on any atom is -0.485 e. The third-order valence-corrected chi connectivity index (χ3v) is 3.78. The Morgan fingerprint density at radius 3 is 2.48 bits per heavy atom. The van der Waals surface area contributed by atoms with Gasteiger partial charge in [0.2, 0.25) is 0 Å². The third kappa shape index (κ3) is 4.92. The molecule has 8 heteroatoms. The van der Waals surface area contributed by atoms with Crippen molar-refractivity contribution in [3.05, 3.63) is 83.0 Å². The molecule has 27 heavy (non-hydrogen) atoms. The van der Waals surface area contributed by atoms with E-state index in [1.165, 1.54) is 12.3 Å². The smallest absolute Gasteiger partial charge is 0.200 e. The predicted octanol–water partition coefficient (Wildman–Crippen LogP) is 4.65. The van der Waals surface area contributed by atoms with Crippen LogP contribution < -0.4 is 15.8 Å². The lowest BCUT2D eigenvalue weighted by Crippen LogP contribution is -2.22. The van der Waals surface area contributed by atoms with Crippen molar-refractivity contribution in [1.82, 2.24) is 4.98 Å². The number of anilines is 1. The molecule has 3 rings (SSSR count). The summed E-state index contributed by atoms with van der Waals surface area (Å²) in [5.74, 6) is -0.895. The molecule has 3 N–H and O–H groups in total. The summed E-state index contributed by atoms with van der Waals surface area (Å²) in [7, 11) is 0. The number of nitrogens with two attached hydrogens (primary N) is 1. The fourth-order valence-corrected chi connectivity index (χ4v) is 2.35. The first-order valence-corrected chi connectivity index (χ1v) is 8.28. The molecule has 0 saturated carbocycles. The number of pyridine rings is 1. The summed E-state index contributed by atoms with van der Waals surface area (Å²) in [5.41, 5.74) is 6.40. The molecule has 1 heterocycles. The van der Waals surface area contributed by atoms with E-state index in [2.05, 4.69) is 15.3 Å². The van der Waals surface area contributed by atoms with Crippen LogP contribution in [0, 0.1) is 11.6 Å². The highest BCUT2D eigenvalue weighted by molar-refractivity contribution is 6.30. The normalized spacial score (nSPS) is 11.3. The number of guanidine groups is 1. The van der Waals surface area contributed by atoms with E-state index in [1.807, 2.05) is 0 Å². The zero-order valence-corrected chi connectivity index (χ0v) is 14.8. The number of hydrogen-bond acceptors (Lipinski definition) is 3. The van der Waals surface area contributed by atoms with Crippen LogP contribution in [0.1, 0.15) is 5.56 Å². The lowest BCUT2D eigenvalue weighted by molar-refractivity contribution is 0.292. The Morgan fingerprint density at radius 1 is 1.07 bits per heavy atom. The number of rotatable bonds is 5. The monoisotopic (exact) mass is 388 g/mol. The topological polar surface area (TPSA) is 72.5 Å². The van der Waals surface area contributed by atoms with Gasteiger partial charge in [0.25, 0.3) is 0 Å². The van der Waals surface area contributed by atoms with Crippen LogP contribution in [0.15, 0.2) is 65.8 Å². The van der Waals surface area contributed by atoms with Crippen LogP contribution in [0.3, 0.4) is 0 Å². The Kier molecular flexibility index (Phi) is 5.83. The molecule has 0 spiro atoms. The molecule has 0 fully saturated rings. The van der Waals surface area contributed by atoms with E-state index in [1.54, 1.807) is 36.4 Å². The van der Waals surface area contributed by atoms with E-state index >= 15 is 0 Å². The number of halogens is 3. The summed E-state index contributed by atoms with van der Waals surface area (Å²) >= 11 is 5.84. The first-order chi connectivity index (χ1) is 13.0. The molecule has 0 unspecified atom stereocenters. The van der Waals surface area contributed by atoms with Crippen molar-refractivity contribution in [2.45, 2.75) is 6.61 Å². The zero-order valence-electron chi connectivity index (χ0n) is 14.0. The molecule has 0 aliphatic heterocycles. The molecular weight excluding hydrogens is 374 g/mol. The van der Waals surface area contributed by atoms with Crippen molar-refractivity contribution in [2.24, 2.45) is 10.7 Å². The number of ether oxygens (including phenoxy) is 1. The highest BCUT2D eigenvalue weighted by Gasteiger charge is 2.11. The van der Waals surface area contributed by atoms with Gasteiger partial charge in [-0.1, -0.05) is 17.7 Å². The fourth-order valence-electron chi connectivity index (χ4n) is 2.22. The average Bonchev–Trinajstić information content (AvgIpc) is 2.64. The van der Waals surface area contributed by atoms with Crippen LogP contribution in [0.2, 0.25) is 5.02 Å². The summed E-state index contributed by atoms with van der Waals surface area (Å²) in [6, 6.07) is 13.7. The summed E-state index contributed by atoms with van der Waals surface area (Å²) in [6.07, 6.45) is 1.50. The highest BCUT2D eigenvalue weighted by atomic mass is 35.5. The zero-order chi connectivity index (χ0) is 19.2. The van der Waals surface area contributed by atoms with E-state index in [9.17, 15) is 8.78 Å². The van der Waals surface area contributed by atoms with Gasteiger partial charge in [-0.3, -0.25) is 0 Å². The molecule has 0 aliphatic carbocycles. The molecule has 0 bridgehead atoms. The summed E-state index contributed by atoms with van der Waals surface area (Å²) in [4.78, 5) is 8.25. The van der Waals surface area contributed by atoms with Crippen LogP contribution in [-0.2, 0) is 6.61 Å². The molecule has 0 amide bonds. The second-order valence-electron chi connectivity index (χ2n) is 5.44. The molecule has 0 saturated heterocycles. The minimum atomic E-state index is -0.687. The van der Waals surface area contributed by atoms with Crippen LogP contribution in [-0.4, -0.2) is 10.9 Å². The molecule has 2 aromatic carbocycles. The number of nitrogens with one attached hydrogen (secondary N) is 1. The Labute approximate surface area is 159 Å². The van der Waals surface area contributed by atoms with Crippen LogP contribution >= 0.6 is 11.6 Å². The summed E-state index contributed by atoms with van der Waals surface area (Å²) < 4.78 is 33.0. The Hall–Kier alpha value is -3.19. The van der Waals surface area contributed by atoms with Crippen molar-refractivity contribution in [2.75, 3.05) is 5.32 Å². The maximum Gasteiger partial charge on any atom is 0.200 e. The van der Waals surface area contributed by atoms with E-state index in [-0.39, 0.29) is 29.7 Å². The van der Waals surface area contributed by atoms with Gasteiger partial charge in [0.1, 0.15) is 18.2 Å². The Morgan fingerprint density at radius 2 is 1.78 bits per heavy atom. The molecule has 138 valence electrons. The van der Waals surface area contributed by atoms with E-state index in [4.69, 9.17) is 22.1 Å². The standard InChI is InChI=1S/C19H15ClF2N4O/c20-12-6-8-13(9-7-12)25-19(23)26-18-17(5-2-10-24-18)27-11-14-15(21)3-1-4-16(14)22/h1-10H,11H2,(H3,23,24,25,26). The van der Waals surface area contributed by atoms with Crippen molar-refractivity contribution in [1.29, 1.82) is 0 Å². The quantitative estimate of drug-likeness (QED) is 0.493. The van der Waals surface area contributed by atoms with Gasteiger partial charge in [-0.15, -0.1) is 0 Å². The van der Waals surface area contributed by atoms with Crippen LogP contribution in [0.5, 0.6) is 5.75 Å². The van der Waals surface area contributed by atoms with Crippen molar-refractivity contribution in [3.63, 3.8) is 0 Å². The largest absolute Gasteiger partial charge is 0.485 e. The molecule has 5 nitrogen and oxygen atoms in total. The van der Waals surface area contributed by atoms with Gasteiger partial charge in [-0.05, 0) is 48.5 Å². The lowest BCUT2D eigenvalue weighted by atomic mass is 10.2. The minimum absolute atomic E-state index is 0.0675. The maximum absolute atomic E-state index is 13.7. The van der Waals surface area contributed by atoms with Gasteiger partial charge in [-0.2, -0.15) is 4.99 Å². The number of nitrogens with zero attached hydrogens (tertiary/aromatic N) is 2. The maximum atomic E-state index is 13.7. The van der Waals surface area contributed by atoms with E-state index in [0.717, 1.165) is 12.1 Å². The summed E-state index contributed by atoms with van der Waals surface area (Å²) in [6.45, 7) is -0.308. The predicted molar refractivity (Wildman–Crippen MR) is 101 cm³/mol. The SMILES string of the molecule is N/C(=N\c1ncccc1OCc1c(F)cccc1F)Nc1ccc(Cl)cc1. The van der Waals surface area contributed by atoms with Gasteiger partial charge < -0.3 is 15.8 Å². The van der Waals surface area contributed by atoms with Gasteiger partial charge in [0.15, 0.2) is 17.5 Å². The Bertz CT molecular complexity index is 944. The van der Waals surface area contributed by atoms with E-state index in [0.29, 0.717) is 10.7 Å². The van der Waals surface area contributed by atoms with Crippen molar-refractivity contribution >= 4 is 29.1 Å². The van der Waals surface area contributed by atoms with Gasteiger partial charge in [0.05, 0.1) is 5.56 Å². The molecule has 3 aromatic rings. The fraction of sp³-hybridized carbons (Fsp3) is 0.0526. The van der Waals surface area contributed by atoms with Crippen LogP contribution in [0.4, 0.5) is 20.3 Å². The molecule has 0 atom stereocenters. The first-order valence-electron chi connectivity index (χ1n) is 7.90. The number of benzene rings is 2. The highest BCUT2D eigenvalue weighted by Crippen LogP contribution is 2.26. The molecule has 1 aromatic heterocycles. The second-order valence-corrected chi connectivity index (χ2v) is 5.88. The van der Waals surface area contributed by atoms with E-state index < -0.39 is 11.6 Å². The average molecular weight is 389 g/mol. The Balaban J connectivity index is 1.76. The molecular formula is C19H15ClF2N4O. The summed E-state index contributed by atoms with van der Waals surface area (Å²) in [5, 5.41) is 3.48. The molecule has 0 radical (unpaired) electrons. The molecule has 0 aliphatic rings. The number of hydrogen-bond donors (Lipinski definition) is 2. The van der Waals surface area contributed by atoms with Gasteiger partial charge in [0, 0.05) is 16.9 Å². The third-order valence-electron chi connectivity index (χ3n) is 3.53. The van der Waals surface area contributed by atoms with Crippen molar-refractivity contribution < 1.29 is 13.5 Å². The van der Waals surface area contributed by atoms with Crippen molar-refractivity contribution in [3.8, 4) is 5.75 Å². The van der Waals surface area contributed by atoms with Gasteiger partial charge in [-0.25, -0.2) is 13.8 Å². The van der Waals surface area contributed by atoms with Crippen LogP contribution in [0.25, 0.3) is 0 Å². The number of aromatic nitrogens is 1. The van der Waals surface area contributed by atoms with Gasteiger partial charge >= 0.3 is 0 Å². The number of aliphatic imine (C=N–C) groups is 1. The lowest BCUT2D eigenvalue weighted by Gasteiger charge is -2.10.